The van der Waals surface area contributed by atoms with Crippen LogP contribution in [0.15, 0.2) is 58.2 Å². The van der Waals surface area contributed by atoms with Gasteiger partial charge in [0.1, 0.15) is 0 Å². The molecule has 0 bridgehead atoms. The first-order valence-corrected chi connectivity index (χ1v) is 9.12. The van der Waals surface area contributed by atoms with E-state index in [9.17, 15) is 0 Å². The molecule has 0 unspecified atom stereocenters. The molecule has 26 heavy (non-hydrogen) atoms. The average molecular weight is 385 g/mol. The highest BCUT2D eigenvalue weighted by Crippen LogP contribution is 2.24. The lowest BCUT2D eigenvalue weighted by Crippen LogP contribution is -1.99. The molecule has 4 rings (SSSR count). The van der Waals surface area contributed by atoms with Crippen LogP contribution in [-0.4, -0.2) is 30.3 Å². The summed E-state index contributed by atoms with van der Waals surface area (Å²) in [5, 5.41) is 17.2. The van der Waals surface area contributed by atoms with Gasteiger partial charge in [-0.1, -0.05) is 46.2 Å². The molecule has 2 aromatic carbocycles. The molecule has 0 saturated carbocycles. The second-order valence-corrected chi connectivity index (χ2v) is 6.90. The second-order valence-electron chi connectivity index (χ2n) is 5.52. The number of tetrazole rings is 1. The SMILES string of the molecule is Cc1ccc(-n2nnnc2SCc2nc(-c3ccc(Cl)cc3)no2)cc1. The number of thioether (sulfide) groups is 1. The zero-order valence-electron chi connectivity index (χ0n) is 13.7. The van der Waals surface area contributed by atoms with Crippen molar-refractivity contribution in [2.75, 3.05) is 0 Å². The van der Waals surface area contributed by atoms with E-state index in [2.05, 4.69) is 25.7 Å². The van der Waals surface area contributed by atoms with Crippen LogP contribution in [0.2, 0.25) is 5.02 Å². The molecule has 0 amide bonds. The maximum atomic E-state index is 5.90. The maximum Gasteiger partial charge on any atom is 0.237 e. The molecule has 0 radical (unpaired) electrons. The van der Waals surface area contributed by atoms with Gasteiger partial charge in [0, 0.05) is 10.6 Å². The number of hydrogen-bond acceptors (Lipinski definition) is 7. The topological polar surface area (TPSA) is 82.5 Å². The van der Waals surface area contributed by atoms with E-state index in [1.54, 1.807) is 16.8 Å². The van der Waals surface area contributed by atoms with Crippen LogP contribution in [0.5, 0.6) is 0 Å². The molecular formula is C17H13ClN6OS. The Labute approximate surface area is 158 Å². The summed E-state index contributed by atoms with van der Waals surface area (Å²) in [4.78, 5) is 4.40. The lowest BCUT2D eigenvalue weighted by molar-refractivity contribution is 0.391. The fraction of sp³-hybridized carbons (Fsp3) is 0.118. The van der Waals surface area contributed by atoms with Gasteiger partial charge in [-0.25, -0.2) is 0 Å². The van der Waals surface area contributed by atoms with Crippen molar-refractivity contribution in [2.45, 2.75) is 17.8 Å². The Morgan fingerprint density at radius 3 is 2.62 bits per heavy atom. The Kier molecular flexibility index (Phi) is 4.68. The molecule has 0 aliphatic rings. The first-order chi connectivity index (χ1) is 12.7. The Balaban J connectivity index is 1.48. The van der Waals surface area contributed by atoms with Crippen LogP contribution in [0.25, 0.3) is 17.1 Å². The number of hydrogen-bond donors (Lipinski definition) is 0. The Morgan fingerprint density at radius 1 is 1.08 bits per heavy atom. The largest absolute Gasteiger partial charge is 0.338 e. The van der Waals surface area contributed by atoms with Crippen molar-refractivity contribution in [3.63, 3.8) is 0 Å². The van der Waals surface area contributed by atoms with Crippen LogP contribution in [0.3, 0.4) is 0 Å². The van der Waals surface area contributed by atoms with Crippen molar-refractivity contribution in [1.29, 1.82) is 0 Å². The van der Waals surface area contributed by atoms with Gasteiger partial charge >= 0.3 is 0 Å². The van der Waals surface area contributed by atoms with E-state index in [0.29, 0.717) is 27.6 Å². The Morgan fingerprint density at radius 2 is 1.85 bits per heavy atom. The molecule has 4 aromatic rings. The zero-order chi connectivity index (χ0) is 17.9. The summed E-state index contributed by atoms with van der Waals surface area (Å²) < 4.78 is 7.00. The average Bonchev–Trinajstić information content (AvgIpc) is 3.30. The molecule has 0 atom stereocenters. The van der Waals surface area contributed by atoms with Crippen LogP contribution in [0.1, 0.15) is 11.5 Å². The van der Waals surface area contributed by atoms with Crippen molar-refractivity contribution in [3.05, 3.63) is 65.0 Å². The molecule has 0 fully saturated rings. The highest BCUT2D eigenvalue weighted by molar-refractivity contribution is 7.98. The predicted octanol–water partition coefficient (Wildman–Crippen LogP) is 3.97. The lowest BCUT2D eigenvalue weighted by Gasteiger charge is -2.03. The van der Waals surface area contributed by atoms with Gasteiger partial charge in [0.25, 0.3) is 0 Å². The number of aromatic nitrogens is 6. The monoisotopic (exact) mass is 384 g/mol. The molecule has 9 heteroatoms. The molecule has 130 valence electrons. The Bertz CT molecular complexity index is 1010. The van der Waals surface area contributed by atoms with Crippen molar-refractivity contribution >= 4 is 23.4 Å². The third-order valence-corrected chi connectivity index (χ3v) is 4.77. The predicted molar refractivity (Wildman–Crippen MR) is 98.2 cm³/mol. The highest BCUT2D eigenvalue weighted by atomic mass is 35.5. The normalized spacial score (nSPS) is 11.0. The standard InChI is InChI=1S/C17H13ClN6OS/c1-11-2-8-14(9-3-11)24-17(20-22-23-24)26-10-15-19-16(21-25-15)12-4-6-13(18)7-5-12/h2-9H,10H2,1H3. The van der Waals surface area contributed by atoms with Crippen LogP contribution >= 0.6 is 23.4 Å². The fourth-order valence-electron chi connectivity index (χ4n) is 2.27. The summed E-state index contributed by atoms with van der Waals surface area (Å²) >= 11 is 7.32. The van der Waals surface area contributed by atoms with Gasteiger partial charge < -0.3 is 4.52 Å². The number of halogens is 1. The smallest absolute Gasteiger partial charge is 0.237 e. The first-order valence-electron chi connectivity index (χ1n) is 7.76. The van der Waals surface area contributed by atoms with Crippen LogP contribution in [-0.2, 0) is 5.75 Å². The summed E-state index contributed by atoms with van der Waals surface area (Å²) in [6.07, 6.45) is 0. The van der Waals surface area contributed by atoms with Crippen molar-refractivity contribution in [2.24, 2.45) is 0 Å². The summed E-state index contributed by atoms with van der Waals surface area (Å²) in [6.45, 7) is 2.03. The van der Waals surface area contributed by atoms with Gasteiger partial charge in [-0.05, 0) is 53.7 Å². The quantitative estimate of drug-likeness (QED) is 0.481. The molecule has 0 spiro atoms. The molecule has 0 saturated heterocycles. The minimum atomic E-state index is 0.465. The third-order valence-electron chi connectivity index (χ3n) is 3.61. The molecule has 0 aliphatic carbocycles. The minimum absolute atomic E-state index is 0.465. The van der Waals surface area contributed by atoms with Crippen LogP contribution in [0, 0.1) is 6.92 Å². The molecule has 2 heterocycles. The van der Waals surface area contributed by atoms with E-state index >= 15 is 0 Å². The van der Waals surface area contributed by atoms with E-state index < -0.39 is 0 Å². The maximum absolute atomic E-state index is 5.90. The highest BCUT2D eigenvalue weighted by Gasteiger charge is 2.13. The van der Waals surface area contributed by atoms with Crippen LogP contribution < -0.4 is 0 Å². The van der Waals surface area contributed by atoms with Gasteiger partial charge in [-0.3, -0.25) is 0 Å². The molecule has 0 N–H and O–H groups in total. The van der Waals surface area contributed by atoms with E-state index in [1.807, 2.05) is 43.3 Å². The van der Waals surface area contributed by atoms with Crippen molar-refractivity contribution in [3.8, 4) is 17.1 Å². The lowest BCUT2D eigenvalue weighted by atomic mass is 10.2. The van der Waals surface area contributed by atoms with Gasteiger partial charge in [0.2, 0.25) is 16.9 Å². The molecule has 2 aromatic heterocycles. The third kappa shape index (κ3) is 3.61. The van der Waals surface area contributed by atoms with Gasteiger partial charge in [0.05, 0.1) is 11.4 Å². The summed E-state index contributed by atoms with van der Waals surface area (Å²) in [5.74, 6) is 1.49. The van der Waals surface area contributed by atoms with Gasteiger partial charge in [-0.2, -0.15) is 9.67 Å². The minimum Gasteiger partial charge on any atom is -0.338 e. The van der Waals surface area contributed by atoms with Crippen molar-refractivity contribution in [1.82, 2.24) is 30.3 Å². The van der Waals surface area contributed by atoms with Gasteiger partial charge in [0.15, 0.2) is 0 Å². The van der Waals surface area contributed by atoms with E-state index in [1.165, 1.54) is 17.3 Å². The van der Waals surface area contributed by atoms with E-state index in [4.69, 9.17) is 16.1 Å². The number of aryl methyl sites for hydroxylation is 1. The number of benzene rings is 2. The second kappa shape index (κ2) is 7.27. The van der Waals surface area contributed by atoms with Gasteiger partial charge in [-0.15, -0.1) is 5.10 Å². The number of nitrogens with zero attached hydrogens (tertiary/aromatic N) is 6. The zero-order valence-corrected chi connectivity index (χ0v) is 15.3. The van der Waals surface area contributed by atoms with Crippen molar-refractivity contribution < 1.29 is 4.52 Å². The molecule has 7 nitrogen and oxygen atoms in total. The van der Waals surface area contributed by atoms with Crippen LogP contribution in [0.4, 0.5) is 0 Å². The van der Waals surface area contributed by atoms with E-state index in [0.717, 1.165) is 11.3 Å². The Hall–Kier alpha value is -2.71. The fourth-order valence-corrected chi connectivity index (χ4v) is 3.13. The van der Waals surface area contributed by atoms with E-state index in [-0.39, 0.29) is 0 Å². The summed E-state index contributed by atoms with van der Waals surface area (Å²) in [6, 6.07) is 15.3. The number of rotatable bonds is 5. The molecule has 0 aliphatic heterocycles. The summed E-state index contributed by atoms with van der Waals surface area (Å²) in [5.41, 5.74) is 2.92. The summed E-state index contributed by atoms with van der Waals surface area (Å²) in [7, 11) is 0. The first kappa shape index (κ1) is 16.7. The molecular weight excluding hydrogens is 372 g/mol.